The van der Waals surface area contributed by atoms with E-state index in [2.05, 4.69) is 15.1 Å². The molecule has 1 aliphatic heterocycles. The van der Waals surface area contributed by atoms with Gasteiger partial charge in [0.25, 0.3) is 5.91 Å². The predicted molar refractivity (Wildman–Crippen MR) is 131 cm³/mol. The minimum Gasteiger partial charge on any atom is -0.368 e. The number of carbonyl (C=O) groups is 3. The number of piperidine rings is 1. The third kappa shape index (κ3) is 6.47. The van der Waals surface area contributed by atoms with Gasteiger partial charge >= 0.3 is 0 Å². The first-order valence-electron chi connectivity index (χ1n) is 11.4. The van der Waals surface area contributed by atoms with Crippen LogP contribution in [0, 0.1) is 12.8 Å². The molecule has 3 rings (SSSR count). The van der Waals surface area contributed by atoms with Gasteiger partial charge in [0.2, 0.25) is 21.8 Å². The largest absolute Gasteiger partial charge is 0.368 e. The summed E-state index contributed by atoms with van der Waals surface area (Å²) in [6, 6.07) is 2.30. The number of thiophene rings is 1. The monoisotopic (exact) mass is 524 g/mol. The van der Waals surface area contributed by atoms with Crippen molar-refractivity contribution in [3.8, 4) is 0 Å². The molecular formula is C22H32N6O5S2. The number of rotatable bonds is 9. The van der Waals surface area contributed by atoms with Gasteiger partial charge in [-0.1, -0.05) is 19.9 Å². The molecule has 2 aromatic rings. The second-order valence-corrected chi connectivity index (χ2v) is 12.1. The summed E-state index contributed by atoms with van der Waals surface area (Å²) in [5, 5.41) is 8.56. The molecule has 0 bridgehead atoms. The van der Waals surface area contributed by atoms with Crippen LogP contribution in [0.1, 0.15) is 49.3 Å². The van der Waals surface area contributed by atoms with Crippen molar-refractivity contribution >= 4 is 39.1 Å². The zero-order chi connectivity index (χ0) is 25.9. The number of primary amides is 1. The van der Waals surface area contributed by atoms with E-state index in [4.69, 9.17) is 5.73 Å². The van der Waals surface area contributed by atoms with Crippen molar-refractivity contribution in [1.29, 1.82) is 0 Å². The van der Waals surface area contributed by atoms with Gasteiger partial charge < -0.3 is 16.0 Å². The van der Waals surface area contributed by atoms with Crippen LogP contribution in [0.2, 0.25) is 0 Å². The van der Waals surface area contributed by atoms with Crippen LogP contribution in [0.25, 0.3) is 0 Å². The lowest BCUT2D eigenvalue weighted by molar-refractivity contribution is -0.131. The van der Waals surface area contributed by atoms with E-state index in [0.717, 1.165) is 11.3 Å². The highest BCUT2D eigenvalue weighted by Gasteiger charge is 2.40. The average Bonchev–Trinajstić information content (AvgIpc) is 3.42. The number of likely N-dealkylation sites (tertiary alicyclic amines) is 1. The van der Waals surface area contributed by atoms with Gasteiger partial charge in [0, 0.05) is 19.6 Å². The predicted octanol–water partition coefficient (Wildman–Crippen LogP) is 0.758. The quantitative estimate of drug-likeness (QED) is 0.440. The van der Waals surface area contributed by atoms with Crippen LogP contribution in [0.15, 0.2) is 27.8 Å². The van der Waals surface area contributed by atoms with Gasteiger partial charge in [-0.25, -0.2) is 13.1 Å². The van der Waals surface area contributed by atoms with Gasteiger partial charge in [-0.15, -0.1) is 11.3 Å². The molecule has 13 heteroatoms. The fourth-order valence-electron chi connectivity index (χ4n) is 4.20. The summed E-state index contributed by atoms with van der Waals surface area (Å²) < 4.78 is 29.8. The maximum absolute atomic E-state index is 13.4. The molecule has 3 atom stereocenters. The first-order chi connectivity index (χ1) is 16.4. The van der Waals surface area contributed by atoms with Crippen molar-refractivity contribution in [1.82, 2.24) is 24.7 Å². The number of nitrogens with zero attached hydrogens (tertiary/aromatic N) is 3. The molecule has 11 nitrogen and oxygen atoms in total. The molecule has 0 radical (unpaired) electrons. The minimum atomic E-state index is -3.77. The van der Waals surface area contributed by atoms with Crippen molar-refractivity contribution in [3.05, 3.63) is 35.0 Å². The lowest BCUT2D eigenvalue weighted by Gasteiger charge is -2.39. The van der Waals surface area contributed by atoms with Gasteiger partial charge in [-0.3, -0.25) is 19.1 Å². The molecule has 4 N–H and O–H groups in total. The zero-order valence-corrected chi connectivity index (χ0v) is 21.9. The Kier molecular flexibility index (Phi) is 8.34. The van der Waals surface area contributed by atoms with Crippen LogP contribution >= 0.6 is 11.3 Å². The standard InChI is InChI=1S/C22H32N6O5S2/c1-13(2)10-16(20(23)29)24-21(30)17-12-15(26-35(32,33)19-6-5-9-34-19)7-8-28(17)22(31)18-11-14(3)25-27(18)4/h5-6,9,11,13,15-17,26H,7-8,10,12H2,1-4H3,(H2,23,29)(H,24,30)/t15-,16+,17-/m0/s1. The Hall–Kier alpha value is -2.77. The SMILES string of the molecule is Cc1cc(C(=O)N2CC[C@H](NS(=O)(=O)c3cccs3)C[C@H]2C(=O)N[C@H](CC(C)C)C(N)=O)n(C)n1. The molecule has 0 aromatic carbocycles. The second kappa shape index (κ2) is 10.9. The molecule has 0 aliphatic carbocycles. The Morgan fingerprint density at radius 3 is 2.57 bits per heavy atom. The zero-order valence-electron chi connectivity index (χ0n) is 20.2. The van der Waals surface area contributed by atoms with Crippen molar-refractivity contribution in [2.45, 2.75) is 62.4 Å². The summed E-state index contributed by atoms with van der Waals surface area (Å²) in [5.74, 6) is -1.52. The Bertz CT molecular complexity index is 1180. The Morgan fingerprint density at radius 2 is 2.03 bits per heavy atom. The Labute approximate surface area is 209 Å². The molecule has 35 heavy (non-hydrogen) atoms. The van der Waals surface area contributed by atoms with Gasteiger partial charge in [-0.2, -0.15) is 5.10 Å². The average molecular weight is 525 g/mol. The fourth-order valence-corrected chi connectivity index (χ4v) is 6.49. The van der Waals surface area contributed by atoms with Crippen molar-refractivity contribution in [2.24, 2.45) is 18.7 Å². The van der Waals surface area contributed by atoms with Gasteiger partial charge in [0.15, 0.2) is 0 Å². The first-order valence-corrected chi connectivity index (χ1v) is 13.7. The van der Waals surface area contributed by atoms with Crippen molar-refractivity contribution in [3.63, 3.8) is 0 Å². The molecule has 1 fully saturated rings. The van der Waals surface area contributed by atoms with Crippen LogP contribution in [0.3, 0.4) is 0 Å². The topological polar surface area (TPSA) is 156 Å². The molecule has 0 unspecified atom stereocenters. The summed E-state index contributed by atoms with van der Waals surface area (Å²) in [6.45, 7) is 5.71. The molecule has 1 saturated heterocycles. The number of aryl methyl sites for hydroxylation is 2. The Morgan fingerprint density at radius 1 is 1.31 bits per heavy atom. The number of nitrogens with two attached hydrogens (primary N) is 1. The maximum Gasteiger partial charge on any atom is 0.272 e. The van der Waals surface area contributed by atoms with E-state index < -0.39 is 45.9 Å². The van der Waals surface area contributed by atoms with E-state index in [9.17, 15) is 22.8 Å². The van der Waals surface area contributed by atoms with Crippen LogP contribution < -0.4 is 15.8 Å². The van der Waals surface area contributed by atoms with Gasteiger partial charge in [0.1, 0.15) is 22.0 Å². The molecule has 0 spiro atoms. The third-order valence-corrected chi connectivity index (χ3v) is 8.75. The van der Waals surface area contributed by atoms with Gasteiger partial charge in [0.05, 0.1) is 5.69 Å². The van der Waals surface area contributed by atoms with Crippen molar-refractivity contribution in [2.75, 3.05) is 6.54 Å². The maximum atomic E-state index is 13.4. The number of sulfonamides is 1. The van der Waals surface area contributed by atoms with Gasteiger partial charge in [-0.05, 0) is 49.6 Å². The minimum absolute atomic E-state index is 0.0478. The van der Waals surface area contributed by atoms with E-state index in [0.29, 0.717) is 24.2 Å². The molecule has 192 valence electrons. The van der Waals surface area contributed by atoms with Crippen LogP contribution in [0.5, 0.6) is 0 Å². The van der Waals surface area contributed by atoms with Crippen LogP contribution in [-0.2, 0) is 26.7 Å². The van der Waals surface area contributed by atoms with Crippen LogP contribution in [-0.4, -0.2) is 65.5 Å². The van der Waals surface area contributed by atoms with E-state index in [1.165, 1.54) is 15.6 Å². The smallest absolute Gasteiger partial charge is 0.272 e. The van der Waals surface area contributed by atoms with E-state index in [1.54, 1.807) is 31.5 Å². The van der Waals surface area contributed by atoms with E-state index in [-0.39, 0.29) is 23.1 Å². The molecule has 0 saturated carbocycles. The lowest BCUT2D eigenvalue weighted by Crippen LogP contribution is -2.59. The highest BCUT2D eigenvalue weighted by atomic mass is 32.2. The molecule has 2 aromatic heterocycles. The molecular weight excluding hydrogens is 492 g/mol. The number of amides is 3. The van der Waals surface area contributed by atoms with E-state index in [1.807, 2.05) is 13.8 Å². The lowest BCUT2D eigenvalue weighted by atomic mass is 9.95. The third-order valence-electron chi connectivity index (χ3n) is 5.84. The normalized spacial score (nSPS) is 19.5. The van der Waals surface area contributed by atoms with E-state index >= 15 is 0 Å². The number of aromatic nitrogens is 2. The number of hydrogen-bond donors (Lipinski definition) is 3. The summed E-state index contributed by atoms with van der Waals surface area (Å²) in [7, 11) is -2.12. The second-order valence-electron chi connectivity index (χ2n) is 9.18. The van der Waals surface area contributed by atoms with Crippen molar-refractivity contribution < 1.29 is 22.8 Å². The van der Waals surface area contributed by atoms with Crippen LogP contribution in [0.4, 0.5) is 0 Å². The summed E-state index contributed by atoms with van der Waals surface area (Å²) in [4.78, 5) is 40.1. The number of hydrogen-bond acceptors (Lipinski definition) is 7. The summed E-state index contributed by atoms with van der Waals surface area (Å²) in [5.41, 5.74) is 6.46. The summed E-state index contributed by atoms with van der Waals surface area (Å²) in [6.07, 6.45) is 0.714. The number of carbonyl (C=O) groups excluding carboxylic acids is 3. The Balaban J connectivity index is 1.86. The first kappa shape index (κ1) is 26.8. The summed E-state index contributed by atoms with van der Waals surface area (Å²) >= 11 is 1.09. The highest BCUT2D eigenvalue weighted by Crippen LogP contribution is 2.24. The highest BCUT2D eigenvalue weighted by molar-refractivity contribution is 7.91. The molecule has 3 heterocycles. The molecule has 3 amide bonds. The molecule has 1 aliphatic rings. The fraction of sp³-hybridized carbons (Fsp3) is 0.545. The number of nitrogens with one attached hydrogen (secondary N) is 2.